The third kappa shape index (κ3) is 2.66. The van der Waals surface area contributed by atoms with E-state index in [1.165, 1.54) is 17.5 Å². The molecule has 0 saturated carbocycles. The number of sulfonamides is 1. The van der Waals surface area contributed by atoms with Crippen molar-refractivity contribution in [2.75, 3.05) is 26.7 Å². The standard InChI is InChI=1S/C11H16N2O4S2/c1-17-11(14)10-9(3-5-18-10)19(15,16)13-4-2-8(6-12)7-13/h3,5,8H,2,4,6-7,12H2,1H3. The summed E-state index contributed by atoms with van der Waals surface area (Å²) in [7, 11) is -2.40. The van der Waals surface area contributed by atoms with Crippen LogP contribution >= 0.6 is 11.3 Å². The molecule has 6 nitrogen and oxygen atoms in total. The fourth-order valence-electron chi connectivity index (χ4n) is 2.09. The molecule has 1 aliphatic heterocycles. The highest BCUT2D eigenvalue weighted by Gasteiger charge is 2.35. The van der Waals surface area contributed by atoms with Gasteiger partial charge in [0.25, 0.3) is 0 Å². The number of carbonyl (C=O) groups excluding carboxylic acids is 1. The molecule has 0 bridgehead atoms. The molecule has 1 unspecified atom stereocenters. The molecule has 19 heavy (non-hydrogen) atoms. The Morgan fingerprint density at radius 3 is 2.95 bits per heavy atom. The smallest absolute Gasteiger partial charge is 0.349 e. The summed E-state index contributed by atoms with van der Waals surface area (Å²) in [6, 6.07) is 1.45. The van der Waals surface area contributed by atoms with Crippen LogP contribution in [-0.4, -0.2) is 45.4 Å². The van der Waals surface area contributed by atoms with E-state index in [-0.39, 0.29) is 15.7 Å². The summed E-state index contributed by atoms with van der Waals surface area (Å²) in [6.45, 7) is 1.33. The monoisotopic (exact) mass is 304 g/mol. The number of rotatable bonds is 4. The Bertz CT molecular complexity index is 567. The summed E-state index contributed by atoms with van der Waals surface area (Å²) < 4.78 is 31.0. The normalized spacial score (nSPS) is 20.6. The van der Waals surface area contributed by atoms with E-state index in [9.17, 15) is 13.2 Å². The molecule has 1 aromatic rings. The Labute approximate surface area is 116 Å². The highest BCUT2D eigenvalue weighted by atomic mass is 32.2. The summed E-state index contributed by atoms with van der Waals surface area (Å²) in [5.74, 6) is -0.432. The van der Waals surface area contributed by atoms with E-state index in [2.05, 4.69) is 4.74 Å². The van der Waals surface area contributed by atoms with Crippen molar-refractivity contribution in [2.24, 2.45) is 11.7 Å². The second-order valence-electron chi connectivity index (χ2n) is 4.36. The average Bonchev–Trinajstić information content (AvgIpc) is 3.06. The van der Waals surface area contributed by atoms with E-state index < -0.39 is 16.0 Å². The minimum Gasteiger partial charge on any atom is -0.465 e. The molecule has 2 N–H and O–H groups in total. The SMILES string of the molecule is COC(=O)c1sccc1S(=O)(=O)N1CCC(CN)C1. The topological polar surface area (TPSA) is 89.7 Å². The van der Waals surface area contributed by atoms with Crippen LogP contribution in [0.5, 0.6) is 0 Å². The molecular weight excluding hydrogens is 288 g/mol. The second-order valence-corrected chi connectivity index (χ2v) is 7.18. The van der Waals surface area contributed by atoms with Gasteiger partial charge < -0.3 is 10.5 Å². The Morgan fingerprint density at radius 2 is 2.37 bits per heavy atom. The van der Waals surface area contributed by atoms with Crippen LogP contribution < -0.4 is 5.73 Å². The lowest BCUT2D eigenvalue weighted by Crippen LogP contribution is -2.30. The molecule has 8 heteroatoms. The molecule has 1 saturated heterocycles. The predicted molar refractivity (Wildman–Crippen MR) is 71.6 cm³/mol. The zero-order valence-corrected chi connectivity index (χ0v) is 12.2. The first-order valence-electron chi connectivity index (χ1n) is 5.86. The van der Waals surface area contributed by atoms with Gasteiger partial charge in [0, 0.05) is 13.1 Å². The number of esters is 1. The molecule has 106 valence electrons. The van der Waals surface area contributed by atoms with Gasteiger partial charge in [-0.3, -0.25) is 0 Å². The fraction of sp³-hybridized carbons (Fsp3) is 0.545. The predicted octanol–water partition coefficient (Wildman–Crippen LogP) is 0.504. The van der Waals surface area contributed by atoms with Crippen LogP contribution in [0.2, 0.25) is 0 Å². The van der Waals surface area contributed by atoms with Crippen LogP contribution in [0.1, 0.15) is 16.1 Å². The maximum atomic E-state index is 12.5. The maximum Gasteiger partial charge on any atom is 0.349 e. The molecule has 0 radical (unpaired) electrons. The molecule has 0 aromatic carbocycles. The van der Waals surface area contributed by atoms with E-state index in [1.54, 1.807) is 5.38 Å². The minimum atomic E-state index is -3.64. The van der Waals surface area contributed by atoms with Crippen LogP contribution in [0.4, 0.5) is 0 Å². The first-order valence-corrected chi connectivity index (χ1v) is 8.18. The summed E-state index contributed by atoms with van der Waals surface area (Å²) in [4.78, 5) is 11.7. The lowest BCUT2D eigenvalue weighted by molar-refractivity contribution is 0.0602. The summed E-state index contributed by atoms with van der Waals surface area (Å²) in [5.41, 5.74) is 5.56. The van der Waals surface area contributed by atoms with Gasteiger partial charge in [-0.05, 0) is 30.3 Å². The molecular formula is C11H16N2O4S2. The van der Waals surface area contributed by atoms with Gasteiger partial charge in [0.05, 0.1) is 7.11 Å². The first kappa shape index (κ1) is 14.4. The largest absolute Gasteiger partial charge is 0.465 e. The summed E-state index contributed by atoms with van der Waals surface area (Å²) in [5, 5.41) is 1.58. The molecule has 1 atom stereocenters. The molecule has 1 fully saturated rings. The number of methoxy groups -OCH3 is 1. The Hall–Kier alpha value is -0.960. The third-order valence-electron chi connectivity index (χ3n) is 3.20. The molecule has 0 spiro atoms. The highest BCUT2D eigenvalue weighted by molar-refractivity contribution is 7.89. The Morgan fingerprint density at radius 1 is 1.63 bits per heavy atom. The van der Waals surface area contributed by atoms with Crippen LogP contribution in [0.15, 0.2) is 16.3 Å². The molecule has 1 aliphatic rings. The number of thiophene rings is 1. The number of nitrogens with two attached hydrogens (primary N) is 1. The number of hydrogen-bond donors (Lipinski definition) is 1. The lowest BCUT2D eigenvalue weighted by atomic mass is 10.1. The van der Waals surface area contributed by atoms with Crippen LogP contribution in [0.25, 0.3) is 0 Å². The molecule has 2 heterocycles. The fourth-order valence-corrected chi connectivity index (χ4v) is 4.93. The summed E-state index contributed by atoms with van der Waals surface area (Å²) in [6.07, 6.45) is 0.757. The molecule has 2 rings (SSSR count). The zero-order valence-electron chi connectivity index (χ0n) is 10.5. The van der Waals surface area contributed by atoms with Gasteiger partial charge in [-0.15, -0.1) is 11.3 Å². The van der Waals surface area contributed by atoms with Gasteiger partial charge in [-0.1, -0.05) is 0 Å². The Kier molecular flexibility index (Phi) is 4.24. The van der Waals surface area contributed by atoms with Gasteiger partial charge >= 0.3 is 5.97 Å². The van der Waals surface area contributed by atoms with E-state index in [4.69, 9.17) is 5.73 Å². The average molecular weight is 304 g/mol. The number of nitrogens with zero attached hydrogens (tertiary/aromatic N) is 1. The minimum absolute atomic E-state index is 0.0296. The molecule has 0 aliphatic carbocycles. The van der Waals surface area contributed by atoms with Gasteiger partial charge in [0.1, 0.15) is 9.77 Å². The van der Waals surface area contributed by atoms with Gasteiger partial charge in [-0.25, -0.2) is 13.2 Å². The third-order valence-corrected chi connectivity index (χ3v) is 6.13. The molecule has 1 aromatic heterocycles. The maximum absolute atomic E-state index is 12.5. The van der Waals surface area contributed by atoms with Crippen molar-refractivity contribution < 1.29 is 17.9 Å². The van der Waals surface area contributed by atoms with Crippen molar-refractivity contribution in [1.82, 2.24) is 4.31 Å². The molecule has 0 amide bonds. The zero-order chi connectivity index (χ0) is 14.0. The number of hydrogen-bond acceptors (Lipinski definition) is 6. The number of ether oxygens (including phenoxy) is 1. The van der Waals surface area contributed by atoms with Gasteiger partial charge in [-0.2, -0.15) is 4.31 Å². The van der Waals surface area contributed by atoms with Crippen molar-refractivity contribution in [2.45, 2.75) is 11.3 Å². The van der Waals surface area contributed by atoms with Crippen molar-refractivity contribution in [1.29, 1.82) is 0 Å². The van der Waals surface area contributed by atoms with E-state index >= 15 is 0 Å². The van der Waals surface area contributed by atoms with Crippen molar-refractivity contribution >= 4 is 27.3 Å². The van der Waals surface area contributed by atoms with Crippen LogP contribution in [0, 0.1) is 5.92 Å². The van der Waals surface area contributed by atoms with Gasteiger partial charge in [0.15, 0.2) is 0 Å². The van der Waals surface area contributed by atoms with Crippen LogP contribution in [-0.2, 0) is 14.8 Å². The first-order chi connectivity index (χ1) is 9.00. The highest BCUT2D eigenvalue weighted by Crippen LogP contribution is 2.29. The van der Waals surface area contributed by atoms with E-state index in [0.29, 0.717) is 19.6 Å². The van der Waals surface area contributed by atoms with Crippen LogP contribution in [0.3, 0.4) is 0 Å². The van der Waals surface area contributed by atoms with Gasteiger partial charge in [0.2, 0.25) is 10.0 Å². The second kappa shape index (κ2) is 5.58. The summed E-state index contributed by atoms with van der Waals surface area (Å²) >= 11 is 1.07. The lowest BCUT2D eigenvalue weighted by Gasteiger charge is -2.16. The quantitative estimate of drug-likeness (QED) is 0.818. The van der Waals surface area contributed by atoms with E-state index in [1.807, 2.05) is 0 Å². The Balaban J connectivity index is 2.31. The van der Waals surface area contributed by atoms with Crippen molar-refractivity contribution in [3.8, 4) is 0 Å². The number of carbonyl (C=O) groups is 1. The van der Waals surface area contributed by atoms with Crippen molar-refractivity contribution in [3.63, 3.8) is 0 Å². The van der Waals surface area contributed by atoms with E-state index in [0.717, 1.165) is 17.8 Å². The van der Waals surface area contributed by atoms with Crippen molar-refractivity contribution in [3.05, 3.63) is 16.3 Å².